The molecule has 0 aliphatic heterocycles. The average molecular weight is 221 g/mol. The van der Waals surface area contributed by atoms with E-state index in [-0.39, 0.29) is 17.6 Å². The van der Waals surface area contributed by atoms with Gasteiger partial charge in [-0.05, 0) is 20.3 Å². The van der Waals surface area contributed by atoms with Gasteiger partial charge in [-0.2, -0.15) is 0 Å². The fourth-order valence-corrected chi connectivity index (χ4v) is 2.12. The first kappa shape index (κ1) is 11.3. The highest BCUT2D eigenvalue weighted by atomic mass is 16.3. The quantitative estimate of drug-likeness (QED) is 0.797. The zero-order chi connectivity index (χ0) is 11.9. The van der Waals surface area contributed by atoms with Crippen molar-refractivity contribution in [2.24, 2.45) is 5.41 Å². The van der Waals surface area contributed by atoms with Crippen LogP contribution in [0.4, 0.5) is 5.82 Å². The van der Waals surface area contributed by atoms with Gasteiger partial charge in [-0.25, -0.2) is 9.97 Å². The highest BCUT2D eigenvalue weighted by Crippen LogP contribution is 2.41. The molecule has 2 unspecified atom stereocenters. The summed E-state index contributed by atoms with van der Waals surface area (Å²) in [6.07, 6.45) is 0.573. The van der Waals surface area contributed by atoms with Gasteiger partial charge in [-0.1, -0.05) is 13.8 Å². The van der Waals surface area contributed by atoms with Gasteiger partial charge in [0, 0.05) is 23.2 Å². The Morgan fingerprint density at radius 1 is 1.38 bits per heavy atom. The van der Waals surface area contributed by atoms with Crippen LogP contribution in [0.15, 0.2) is 6.07 Å². The molecule has 1 aromatic rings. The molecule has 0 aromatic carbocycles. The summed E-state index contributed by atoms with van der Waals surface area (Å²) in [5.74, 6) is 1.63. The van der Waals surface area contributed by atoms with E-state index in [1.165, 1.54) is 0 Å². The van der Waals surface area contributed by atoms with Crippen LogP contribution in [0.5, 0.6) is 0 Å². The fraction of sp³-hybridized carbons (Fsp3) is 0.667. The zero-order valence-electron chi connectivity index (χ0n) is 10.3. The van der Waals surface area contributed by atoms with Crippen LogP contribution in [0, 0.1) is 19.3 Å². The van der Waals surface area contributed by atoms with Crippen molar-refractivity contribution >= 4 is 5.82 Å². The third kappa shape index (κ3) is 1.89. The Morgan fingerprint density at radius 2 is 2.06 bits per heavy atom. The number of aliphatic hydroxyl groups is 1. The van der Waals surface area contributed by atoms with E-state index in [2.05, 4.69) is 29.1 Å². The standard InChI is InChI=1S/C12H19N3O/c1-7-5-11(14-8(2)13-7)15-9-6-10(16)12(9,3)4/h5,9-10,16H,6H2,1-4H3,(H,13,14,15). The maximum atomic E-state index is 9.66. The number of anilines is 1. The number of hydrogen-bond donors (Lipinski definition) is 2. The van der Waals surface area contributed by atoms with Gasteiger partial charge in [-0.3, -0.25) is 0 Å². The first-order chi connectivity index (χ1) is 7.39. The summed E-state index contributed by atoms with van der Waals surface area (Å²) in [6, 6.07) is 2.23. The van der Waals surface area contributed by atoms with Crippen LogP contribution in [-0.2, 0) is 0 Å². The molecule has 0 spiro atoms. The topological polar surface area (TPSA) is 58.0 Å². The lowest BCUT2D eigenvalue weighted by Crippen LogP contribution is -2.57. The smallest absolute Gasteiger partial charge is 0.130 e. The maximum absolute atomic E-state index is 9.66. The molecule has 0 saturated heterocycles. The Kier molecular flexibility index (Phi) is 2.62. The molecule has 2 N–H and O–H groups in total. The number of nitrogens with zero attached hydrogens (tertiary/aromatic N) is 2. The Labute approximate surface area is 96.1 Å². The summed E-state index contributed by atoms with van der Waals surface area (Å²) in [7, 11) is 0. The molecule has 4 heteroatoms. The number of nitrogens with one attached hydrogen (secondary N) is 1. The highest BCUT2D eigenvalue weighted by molar-refractivity contribution is 5.38. The minimum absolute atomic E-state index is 0.0766. The minimum Gasteiger partial charge on any atom is -0.392 e. The third-order valence-corrected chi connectivity index (χ3v) is 3.50. The van der Waals surface area contributed by atoms with Gasteiger partial charge in [-0.15, -0.1) is 0 Å². The molecule has 1 saturated carbocycles. The van der Waals surface area contributed by atoms with Crippen LogP contribution < -0.4 is 5.32 Å². The fourth-order valence-electron chi connectivity index (χ4n) is 2.12. The second-order valence-corrected chi connectivity index (χ2v) is 5.21. The van der Waals surface area contributed by atoms with Gasteiger partial charge >= 0.3 is 0 Å². The second-order valence-electron chi connectivity index (χ2n) is 5.21. The van der Waals surface area contributed by atoms with Gasteiger partial charge in [0.2, 0.25) is 0 Å². The van der Waals surface area contributed by atoms with E-state index in [9.17, 15) is 5.11 Å². The second kappa shape index (κ2) is 3.70. The molecule has 1 heterocycles. The summed E-state index contributed by atoms with van der Waals surface area (Å²) in [4.78, 5) is 8.58. The van der Waals surface area contributed by atoms with Crippen molar-refractivity contribution in [1.29, 1.82) is 0 Å². The van der Waals surface area contributed by atoms with Crippen molar-refractivity contribution in [1.82, 2.24) is 9.97 Å². The lowest BCUT2D eigenvalue weighted by atomic mass is 9.64. The van der Waals surface area contributed by atoms with Crippen LogP contribution in [0.2, 0.25) is 0 Å². The Hall–Kier alpha value is -1.16. The molecule has 0 amide bonds. The first-order valence-corrected chi connectivity index (χ1v) is 5.66. The van der Waals surface area contributed by atoms with E-state index < -0.39 is 0 Å². The van der Waals surface area contributed by atoms with Crippen LogP contribution in [0.1, 0.15) is 31.8 Å². The number of hydrogen-bond acceptors (Lipinski definition) is 4. The van der Waals surface area contributed by atoms with Crippen molar-refractivity contribution < 1.29 is 5.11 Å². The Bertz CT molecular complexity index is 383. The number of aliphatic hydroxyl groups excluding tert-OH is 1. The normalized spacial score (nSPS) is 27.3. The van der Waals surface area contributed by atoms with E-state index in [0.29, 0.717) is 0 Å². The molecule has 4 nitrogen and oxygen atoms in total. The van der Waals surface area contributed by atoms with Crippen LogP contribution in [-0.4, -0.2) is 27.2 Å². The summed E-state index contributed by atoms with van der Waals surface area (Å²) in [5, 5.41) is 13.0. The van der Waals surface area contributed by atoms with E-state index >= 15 is 0 Å². The highest BCUT2D eigenvalue weighted by Gasteiger charge is 2.47. The summed E-state index contributed by atoms with van der Waals surface area (Å²) < 4.78 is 0. The zero-order valence-corrected chi connectivity index (χ0v) is 10.3. The van der Waals surface area contributed by atoms with Gasteiger partial charge < -0.3 is 10.4 Å². The molecule has 0 bridgehead atoms. The van der Waals surface area contributed by atoms with Crippen molar-refractivity contribution in [2.45, 2.75) is 46.3 Å². The van der Waals surface area contributed by atoms with Gasteiger partial charge in [0.1, 0.15) is 11.6 Å². The molecular weight excluding hydrogens is 202 g/mol. The van der Waals surface area contributed by atoms with Crippen molar-refractivity contribution in [3.63, 3.8) is 0 Å². The predicted octanol–water partition coefficient (Wildman–Crippen LogP) is 1.66. The number of aromatic nitrogens is 2. The van der Waals surface area contributed by atoms with Gasteiger partial charge in [0.15, 0.2) is 0 Å². The first-order valence-electron chi connectivity index (χ1n) is 5.66. The maximum Gasteiger partial charge on any atom is 0.130 e. The largest absolute Gasteiger partial charge is 0.392 e. The van der Waals surface area contributed by atoms with Crippen molar-refractivity contribution in [3.8, 4) is 0 Å². The predicted molar refractivity (Wildman–Crippen MR) is 63.3 cm³/mol. The SMILES string of the molecule is Cc1cc(NC2CC(O)C2(C)C)nc(C)n1. The Balaban J connectivity index is 2.11. The molecule has 1 aliphatic rings. The Morgan fingerprint density at radius 3 is 2.56 bits per heavy atom. The summed E-state index contributed by atoms with van der Waals surface area (Å²) in [6.45, 7) is 7.99. The average Bonchev–Trinajstić information content (AvgIpc) is 2.15. The summed E-state index contributed by atoms with van der Waals surface area (Å²) >= 11 is 0. The van der Waals surface area contributed by atoms with Crippen LogP contribution in [0.25, 0.3) is 0 Å². The van der Waals surface area contributed by atoms with E-state index in [1.807, 2.05) is 19.9 Å². The third-order valence-electron chi connectivity index (χ3n) is 3.50. The molecule has 0 radical (unpaired) electrons. The summed E-state index contributed by atoms with van der Waals surface area (Å²) in [5.41, 5.74) is 0.889. The van der Waals surface area contributed by atoms with E-state index in [4.69, 9.17) is 0 Å². The van der Waals surface area contributed by atoms with Crippen LogP contribution >= 0.6 is 0 Å². The van der Waals surface area contributed by atoms with Gasteiger partial charge in [0.25, 0.3) is 0 Å². The van der Waals surface area contributed by atoms with Crippen LogP contribution in [0.3, 0.4) is 0 Å². The monoisotopic (exact) mass is 221 g/mol. The molecular formula is C12H19N3O. The number of aryl methyl sites for hydroxylation is 2. The minimum atomic E-state index is -0.214. The molecule has 88 valence electrons. The lowest BCUT2D eigenvalue weighted by Gasteiger charge is -2.49. The van der Waals surface area contributed by atoms with Gasteiger partial charge in [0.05, 0.1) is 6.10 Å². The molecule has 2 atom stereocenters. The molecule has 16 heavy (non-hydrogen) atoms. The van der Waals surface area contributed by atoms with E-state index in [1.54, 1.807) is 0 Å². The molecule has 1 aromatic heterocycles. The number of rotatable bonds is 2. The molecule has 1 fully saturated rings. The molecule has 2 rings (SSSR count). The van der Waals surface area contributed by atoms with Crippen molar-refractivity contribution in [2.75, 3.05) is 5.32 Å². The van der Waals surface area contributed by atoms with Crippen molar-refractivity contribution in [3.05, 3.63) is 17.6 Å². The van der Waals surface area contributed by atoms with E-state index in [0.717, 1.165) is 23.8 Å². The lowest BCUT2D eigenvalue weighted by molar-refractivity contribution is -0.0511. The molecule has 1 aliphatic carbocycles.